The molecule has 2 aliphatic heterocycles. The molecular weight excluding hydrogens is 523 g/mol. The number of hydrogen-bond acceptors (Lipinski definition) is 12. The average molecular weight is 545 g/mol. The van der Waals surface area contributed by atoms with Crippen LogP contribution in [0.3, 0.4) is 0 Å². The van der Waals surface area contributed by atoms with Gasteiger partial charge in [-0.25, -0.2) is 18.7 Å². The summed E-state index contributed by atoms with van der Waals surface area (Å²) in [7, 11) is -16.5. The molecule has 20 heteroatoms. The van der Waals surface area contributed by atoms with Crippen LogP contribution in [0.5, 0.6) is 0 Å². The van der Waals surface area contributed by atoms with Crippen LogP contribution in [0, 0.1) is 11.8 Å². The summed E-state index contributed by atoms with van der Waals surface area (Å²) in [4.78, 5) is 40.1. The lowest BCUT2D eigenvalue weighted by Crippen LogP contribution is -2.30. The number of hydrogen-bond donors (Lipinski definition) is 8. The number of rotatable bonds is 8. The second-order valence-electron chi connectivity index (χ2n) is 6.91. The molecule has 0 bridgehead atoms. The molecule has 1 fully saturated rings. The van der Waals surface area contributed by atoms with Crippen molar-refractivity contribution in [2.45, 2.75) is 31.0 Å². The van der Waals surface area contributed by atoms with E-state index in [-0.39, 0.29) is 13.0 Å². The van der Waals surface area contributed by atoms with Gasteiger partial charge in [0.2, 0.25) is 0 Å². The Labute approximate surface area is 192 Å². The van der Waals surface area contributed by atoms with E-state index in [0.717, 1.165) is 0 Å². The van der Waals surface area contributed by atoms with Gasteiger partial charge in [-0.1, -0.05) is 11.8 Å². The molecule has 1 aromatic heterocycles. The Balaban J connectivity index is 1.71. The minimum absolute atomic E-state index is 0.00646. The lowest BCUT2D eigenvalue weighted by Gasteiger charge is -2.21. The Kier molecular flexibility index (Phi) is 8.21. The van der Waals surface area contributed by atoms with E-state index in [1.807, 2.05) is 0 Å². The van der Waals surface area contributed by atoms with Gasteiger partial charge in [0.15, 0.2) is 0 Å². The smallest absolute Gasteiger partial charge is 0.390 e. The normalized spacial score (nSPS) is 27.7. The number of aromatic nitrogens is 1. The molecule has 0 aliphatic carbocycles. The highest BCUT2D eigenvalue weighted by atomic mass is 31.3. The van der Waals surface area contributed by atoms with Gasteiger partial charge in [-0.2, -0.15) is 8.62 Å². The summed E-state index contributed by atoms with van der Waals surface area (Å²) in [6.45, 7) is -0.692. The monoisotopic (exact) mass is 545 g/mol. The van der Waals surface area contributed by atoms with E-state index >= 15 is 0 Å². The molecule has 34 heavy (non-hydrogen) atoms. The third-order valence-corrected chi connectivity index (χ3v) is 8.26. The summed E-state index contributed by atoms with van der Waals surface area (Å²) >= 11 is 0. The molecule has 0 spiro atoms. The number of nitrogens with two attached hydrogens (primary N) is 2. The lowest BCUT2D eigenvalue weighted by molar-refractivity contribution is -0.0428. The summed E-state index contributed by atoms with van der Waals surface area (Å²) in [6.07, 6.45) is -0.897. The molecule has 0 aromatic carbocycles. The highest BCUT2D eigenvalue weighted by Crippen LogP contribution is 2.66. The van der Waals surface area contributed by atoms with E-state index in [9.17, 15) is 28.6 Å². The van der Waals surface area contributed by atoms with Gasteiger partial charge in [0.1, 0.15) is 24.3 Å². The quantitative estimate of drug-likeness (QED) is 0.144. The first-order valence-electron chi connectivity index (χ1n) is 9.31. The standard InChI is InChI=1S/C14H22N5O12P3/c15-3-1-2-8-5-19(14-12(8)13(16)17-7-18-14)11-4-9(20)10(29-11)6-28-33(24,25)31-34(26,27)30-32(21,22)23/h5,7,9-11,13,20H,3-4,6,15-16H2,(H,17,18)(H,24,25)(H,26,27)(H2,21,22,23)/t9-,10-,11-,13?/m1/s1. The molecule has 3 heterocycles. The van der Waals surface area contributed by atoms with E-state index in [1.165, 1.54) is 6.34 Å². The van der Waals surface area contributed by atoms with Crippen molar-refractivity contribution >= 4 is 35.6 Å². The van der Waals surface area contributed by atoms with Crippen LogP contribution in [0.15, 0.2) is 11.2 Å². The molecule has 2 aliphatic rings. The highest BCUT2D eigenvalue weighted by Gasteiger charge is 2.43. The van der Waals surface area contributed by atoms with E-state index in [1.54, 1.807) is 10.8 Å². The fourth-order valence-corrected chi connectivity index (χ4v) is 6.24. The van der Waals surface area contributed by atoms with Crippen molar-refractivity contribution < 1.29 is 56.3 Å². The predicted octanol–water partition coefficient (Wildman–Crippen LogP) is -0.990. The molecule has 10 N–H and O–H groups in total. The number of phosphoric ester groups is 1. The fourth-order valence-electron chi connectivity index (χ4n) is 3.21. The second kappa shape index (κ2) is 10.3. The summed E-state index contributed by atoms with van der Waals surface area (Å²) in [6, 6.07) is 0. The molecule has 0 radical (unpaired) electrons. The van der Waals surface area contributed by atoms with Gasteiger partial charge in [-0.15, -0.1) is 0 Å². The van der Waals surface area contributed by atoms with Crippen molar-refractivity contribution in [2.75, 3.05) is 13.2 Å². The van der Waals surface area contributed by atoms with Gasteiger partial charge >= 0.3 is 23.5 Å². The first-order valence-corrected chi connectivity index (χ1v) is 13.8. The van der Waals surface area contributed by atoms with Crippen LogP contribution < -0.4 is 16.8 Å². The van der Waals surface area contributed by atoms with E-state index in [0.29, 0.717) is 16.9 Å². The largest absolute Gasteiger partial charge is 0.490 e. The predicted molar refractivity (Wildman–Crippen MR) is 113 cm³/mol. The molecule has 1 saturated heterocycles. The van der Waals surface area contributed by atoms with E-state index < -0.39 is 54.7 Å². The van der Waals surface area contributed by atoms with Gasteiger partial charge in [-0.3, -0.25) is 4.52 Å². The molecule has 0 amide bonds. The van der Waals surface area contributed by atoms with E-state index in [4.69, 9.17) is 26.0 Å². The van der Waals surface area contributed by atoms with Crippen LogP contribution in [-0.2, 0) is 31.6 Å². The summed E-state index contributed by atoms with van der Waals surface area (Å²) < 4.78 is 53.0. The summed E-state index contributed by atoms with van der Waals surface area (Å²) in [5.41, 5.74) is 12.6. The maximum atomic E-state index is 11.9. The van der Waals surface area contributed by atoms with Gasteiger partial charge in [-0.05, 0) is 0 Å². The van der Waals surface area contributed by atoms with Crippen molar-refractivity contribution in [3.63, 3.8) is 0 Å². The number of fused-ring (bicyclic) bond motifs is 1. The Morgan fingerprint density at radius 2 is 1.94 bits per heavy atom. The molecular formula is C14H22N5O12P3. The van der Waals surface area contributed by atoms with Crippen molar-refractivity contribution in [3.05, 3.63) is 17.3 Å². The zero-order valence-electron chi connectivity index (χ0n) is 17.1. The zero-order chi connectivity index (χ0) is 25.3. The zero-order valence-corrected chi connectivity index (χ0v) is 19.8. The molecule has 6 atom stereocenters. The Morgan fingerprint density at radius 3 is 2.59 bits per heavy atom. The Bertz CT molecular complexity index is 1160. The van der Waals surface area contributed by atoms with Crippen LogP contribution >= 0.6 is 23.5 Å². The van der Waals surface area contributed by atoms with Crippen LogP contribution in [0.4, 0.5) is 5.82 Å². The molecule has 0 saturated carbocycles. The van der Waals surface area contributed by atoms with Gasteiger partial charge in [0, 0.05) is 18.2 Å². The molecule has 1 aromatic rings. The van der Waals surface area contributed by atoms with E-state index in [2.05, 4.69) is 35.3 Å². The van der Waals surface area contributed by atoms with Gasteiger partial charge < -0.3 is 50.8 Å². The highest BCUT2D eigenvalue weighted by molar-refractivity contribution is 7.66. The fraction of sp³-hybridized carbons (Fsp3) is 0.500. The number of aliphatic imine (C=N–C) groups is 1. The van der Waals surface area contributed by atoms with Crippen molar-refractivity contribution in [2.24, 2.45) is 16.5 Å². The van der Waals surface area contributed by atoms with Crippen LogP contribution in [0.25, 0.3) is 0 Å². The minimum atomic E-state index is -5.66. The summed E-state index contributed by atoms with van der Waals surface area (Å²) in [5.74, 6) is 5.99. The first-order chi connectivity index (χ1) is 15.7. The maximum Gasteiger partial charge on any atom is 0.490 e. The Morgan fingerprint density at radius 1 is 1.24 bits per heavy atom. The number of aliphatic hydroxyl groups is 1. The summed E-state index contributed by atoms with van der Waals surface area (Å²) in [5, 5.41) is 13.2. The van der Waals surface area contributed by atoms with Crippen molar-refractivity contribution in [1.82, 2.24) is 9.88 Å². The average Bonchev–Trinajstić information content (AvgIpc) is 3.23. The van der Waals surface area contributed by atoms with Gasteiger partial charge in [0.05, 0.1) is 31.2 Å². The van der Waals surface area contributed by atoms with Crippen LogP contribution in [0.2, 0.25) is 0 Å². The number of ether oxygens (including phenoxy) is 1. The first kappa shape index (κ1) is 27.2. The third kappa shape index (κ3) is 6.82. The number of phosphoric acid groups is 3. The number of aliphatic hydroxyl groups excluding tert-OH is 1. The molecule has 3 rings (SSSR count). The third-order valence-electron chi connectivity index (χ3n) is 4.45. The maximum absolute atomic E-state index is 11.9. The minimum Gasteiger partial charge on any atom is -0.390 e. The number of nitrogens with one attached hydrogen (secondary N) is 1. The molecule has 17 nitrogen and oxygen atoms in total. The SMILES string of the molecule is NCC#Cc1cn([C@H]2C[C@@H](O)[C@@H](COP(=O)(O)OP(=O)(O)OP(=O)(O)O)O2)c2c1C(N)NC=N2. The van der Waals surface area contributed by atoms with Gasteiger partial charge in [0.25, 0.3) is 0 Å². The molecule has 3 unspecified atom stereocenters. The molecule has 190 valence electrons. The van der Waals surface area contributed by atoms with Crippen LogP contribution in [-0.4, -0.2) is 60.9 Å². The lowest BCUT2D eigenvalue weighted by atomic mass is 10.1. The number of nitrogens with zero attached hydrogens (tertiary/aromatic N) is 2. The second-order valence-corrected chi connectivity index (χ2v) is 11.3. The Hall–Kier alpha value is -1.44. The van der Waals surface area contributed by atoms with Crippen molar-refractivity contribution in [1.29, 1.82) is 0 Å². The van der Waals surface area contributed by atoms with Crippen LogP contribution in [0.1, 0.15) is 29.9 Å². The van der Waals surface area contributed by atoms with Crippen molar-refractivity contribution in [3.8, 4) is 11.8 Å². The topological polar surface area (TPSA) is 271 Å².